The molecule has 0 fully saturated rings. The molecule has 2 heterocycles. The predicted octanol–water partition coefficient (Wildman–Crippen LogP) is 0.711. The second-order valence-electron chi connectivity index (χ2n) is 3.16. The van der Waals surface area contributed by atoms with E-state index in [1.165, 1.54) is 11.3 Å². The van der Waals surface area contributed by atoms with E-state index in [4.69, 9.17) is 5.11 Å². The Morgan fingerprint density at radius 2 is 2.31 bits per heavy atom. The summed E-state index contributed by atoms with van der Waals surface area (Å²) in [7, 11) is -2.86. The summed E-state index contributed by atoms with van der Waals surface area (Å²) in [4.78, 5) is 0.912. The molecule has 0 atom stereocenters. The number of hydrogen-bond acceptors (Lipinski definition) is 4. The average molecular weight is 218 g/mol. The largest absolute Gasteiger partial charge is 0.392 e. The van der Waals surface area contributed by atoms with E-state index in [0.717, 1.165) is 16.0 Å². The van der Waals surface area contributed by atoms with Crippen molar-refractivity contribution in [1.29, 1.82) is 0 Å². The zero-order valence-electron chi connectivity index (χ0n) is 6.99. The normalized spacial score (nSPS) is 19.8. The lowest BCUT2D eigenvalue weighted by molar-refractivity contribution is 0.281. The van der Waals surface area contributed by atoms with Gasteiger partial charge in [0, 0.05) is 4.88 Å². The maximum Gasteiger partial charge on any atom is 0.155 e. The fraction of sp³-hybridized carbons (Fsp3) is 0.500. The Morgan fingerprint density at radius 1 is 1.54 bits per heavy atom. The van der Waals surface area contributed by atoms with Crippen molar-refractivity contribution < 1.29 is 13.5 Å². The van der Waals surface area contributed by atoms with Crippen LogP contribution < -0.4 is 0 Å². The smallest absolute Gasteiger partial charge is 0.155 e. The third kappa shape index (κ3) is 1.63. The molecular formula is C8H10O3S2. The zero-order valence-corrected chi connectivity index (χ0v) is 8.62. The van der Waals surface area contributed by atoms with Gasteiger partial charge < -0.3 is 5.11 Å². The molecule has 13 heavy (non-hydrogen) atoms. The van der Waals surface area contributed by atoms with Gasteiger partial charge in [0.15, 0.2) is 9.84 Å². The Kier molecular flexibility index (Phi) is 2.17. The summed E-state index contributed by atoms with van der Waals surface area (Å²) in [6.45, 7) is 0.0197. The van der Waals surface area contributed by atoms with E-state index >= 15 is 0 Å². The summed E-state index contributed by atoms with van der Waals surface area (Å²) in [5.74, 6) is 0.386. The van der Waals surface area contributed by atoms with Crippen LogP contribution in [0.3, 0.4) is 0 Å². The number of fused-ring (bicyclic) bond motifs is 1. The Bertz CT molecular complexity index is 417. The van der Waals surface area contributed by atoms with Crippen LogP contribution in [0, 0.1) is 0 Å². The van der Waals surface area contributed by atoms with Gasteiger partial charge in [0.2, 0.25) is 0 Å². The Labute approximate surface area is 80.9 Å². The molecule has 3 nitrogen and oxygen atoms in total. The maximum absolute atomic E-state index is 11.3. The minimum atomic E-state index is -2.86. The van der Waals surface area contributed by atoms with Crippen molar-refractivity contribution in [2.24, 2.45) is 0 Å². The molecule has 0 unspecified atom stereocenters. The summed E-state index contributed by atoms with van der Waals surface area (Å²) >= 11 is 1.44. The molecule has 5 heteroatoms. The van der Waals surface area contributed by atoms with Crippen LogP contribution in [0.4, 0.5) is 0 Å². The highest BCUT2D eigenvalue weighted by Crippen LogP contribution is 2.29. The van der Waals surface area contributed by atoms with Crippen LogP contribution in [0.5, 0.6) is 0 Å². The van der Waals surface area contributed by atoms with Crippen LogP contribution in [0.15, 0.2) is 5.38 Å². The second-order valence-corrected chi connectivity index (χ2v) is 6.31. The molecule has 1 aromatic heterocycles. The molecule has 0 saturated heterocycles. The highest BCUT2D eigenvalue weighted by atomic mass is 32.2. The van der Waals surface area contributed by atoms with E-state index in [-0.39, 0.29) is 18.1 Å². The lowest BCUT2D eigenvalue weighted by Crippen LogP contribution is -2.17. The predicted molar refractivity (Wildman–Crippen MR) is 51.4 cm³/mol. The Balaban J connectivity index is 2.44. The summed E-state index contributed by atoms with van der Waals surface area (Å²) in [6.07, 6.45) is 0.567. The zero-order chi connectivity index (χ0) is 9.47. The first-order valence-electron chi connectivity index (χ1n) is 4.02. The summed E-state index contributed by atoms with van der Waals surface area (Å²) in [6, 6.07) is 0. The molecule has 2 rings (SSSR count). The van der Waals surface area contributed by atoms with E-state index in [1.54, 1.807) is 0 Å². The topological polar surface area (TPSA) is 54.4 Å². The maximum atomic E-state index is 11.3. The third-order valence-corrected chi connectivity index (χ3v) is 5.07. The van der Waals surface area contributed by atoms with Gasteiger partial charge in [0.05, 0.1) is 18.1 Å². The molecule has 0 amide bonds. The molecule has 0 radical (unpaired) electrons. The van der Waals surface area contributed by atoms with Gasteiger partial charge >= 0.3 is 0 Å². The van der Waals surface area contributed by atoms with Crippen molar-refractivity contribution in [2.75, 3.05) is 5.75 Å². The van der Waals surface area contributed by atoms with Crippen molar-refractivity contribution in [3.63, 3.8) is 0 Å². The molecule has 1 aliphatic rings. The first-order valence-corrected chi connectivity index (χ1v) is 6.72. The van der Waals surface area contributed by atoms with E-state index in [0.29, 0.717) is 6.42 Å². The molecule has 0 spiro atoms. The molecule has 72 valence electrons. The van der Waals surface area contributed by atoms with Crippen LogP contribution in [0.2, 0.25) is 0 Å². The van der Waals surface area contributed by atoms with Gasteiger partial charge in [0.25, 0.3) is 0 Å². The number of sulfone groups is 1. The second kappa shape index (κ2) is 3.08. The molecule has 1 aliphatic heterocycles. The Morgan fingerprint density at radius 3 is 3.00 bits per heavy atom. The Hall–Kier alpha value is -0.390. The number of hydrogen-bond donors (Lipinski definition) is 1. The van der Waals surface area contributed by atoms with Gasteiger partial charge in [-0.25, -0.2) is 8.42 Å². The van der Waals surface area contributed by atoms with Crippen LogP contribution in [-0.4, -0.2) is 19.3 Å². The fourth-order valence-electron chi connectivity index (χ4n) is 1.55. The molecule has 1 N–H and O–H groups in total. The van der Waals surface area contributed by atoms with Crippen LogP contribution in [0.25, 0.3) is 0 Å². The van der Waals surface area contributed by atoms with E-state index in [9.17, 15) is 8.42 Å². The molecule has 0 bridgehead atoms. The summed E-state index contributed by atoms with van der Waals surface area (Å²) in [5, 5.41) is 10.8. The lowest BCUT2D eigenvalue weighted by Gasteiger charge is -2.12. The molecular weight excluding hydrogens is 208 g/mol. The molecule has 1 aromatic rings. The summed E-state index contributed by atoms with van der Waals surface area (Å²) < 4.78 is 22.5. The minimum Gasteiger partial charge on any atom is -0.392 e. The number of aliphatic hydroxyl groups excluding tert-OH is 1. The van der Waals surface area contributed by atoms with Crippen molar-refractivity contribution in [1.82, 2.24) is 0 Å². The van der Waals surface area contributed by atoms with Gasteiger partial charge in [-0.1, -0.05) is 0 Å². The van der Waals surface area contributed by atoms with Crippen molar-refractivity contribution in [3.8, 4) is 0 Å². The highest BCUT2D eigenvalue weighted by molar-refractivity contribution is 7.90. The van der Waals surface area contributed by atoms with Crippen LogP contribution in [-0.2, 0) is 28.6 Å². The first-order chi connectivity index (χ1) is 6.12. The van der Waals surface area contributed by atoms with E-state index < -0.39 is 9.84 Å². The minimum absolute atomic E-state index is 0.0197. The van der Waals surface area contributed by atoms with Gasteiger partial charge in [-0.15, -0.1) is 11.3 Å². The van der Waals surface area contributed by atoms with Crippen molar-refractivity contribution >= 4 is 21.2 Å². The van der Waals surface area contributed by atoms with Crippen LogP contribution >= 0.6 is 11.3 Å². The van der Waals surface area contributed by atoms with Gasteiger partial charge in [-0.2, -0.15) is 0 Å². The van der Waals surface area contributed by atoms with E-state index in [1.807, 2.05) is 5.38 Å². The quantitative estimate of drug-likeness (QED) is 0.755. The third-order valence-electron chi connectivity index (χ3n) is 2.25. The van der Waals surface area contributed by atoms with Gasteiger partial charge in [0.1, 0.15) is 0 Å². The van der Waals surface area contributed by atoms with Crippen molar-refractivity contribution in [3.05, 3.63) is 21.4 Å². The monoisotopic (exact) mass is 218 g/mol. The average Bonchev–Trinajstić information content (AvgIpc) is 2.44. The molecule has 0 aliphatic carbocycles. The highest BCUT2D eigenvalue weighted by Gasteiger charge is 2.24. The molecule has 0 aromatic carbocycles. The number of rotatable bonds is 1. The van der Waals surface area contributed by atoms with E-state index in [2.05, 4.69) is 0 Å². The van der Waals surface area contributed by atoms with Crippen molar-refractivity contribution in [2.45, 2.75) is 18.8 Å². The summed E-state index contributed by atoms with van der Waals surface area (Å²) in [5.41, 5.74) is 1.96. The van der Waals surface area contributed by atoms with Gasteiger partial charge in [-0.3, -0.25) is 0 Å². The SMILES string of the molecule is O=S1(=O)CCc2c(CO)csc2C1. The standard InChI is InChI=1S/C8H10O3S2/c9-3-6-4-12-8-5-13(10,11)2-1-7(6)8/h4,9H,1-3,5H2. The van der Waals surface area contributed by atoms with Crippen LogP contribution in [0.1, 0.15) is 16.0 Å². The molecule has 0 saturated carbocycles. The number of thiophene rings is 1. The fourth-order valence-corrected chi connectivity index (χ4v) is 4.47. The first kappa shape index (κ1) is 9.18. The van der Waals surface area contributed by atoms with Gasteiger partial charge in [-0.05, 0) is 22.9 Å². The lowest BCUT2D eigenvalue weighted by atomic mass is 10.1. The number of aliphatic hydroxyl groups is 1.